The van der Waals surface area contributed by atoms with Crippen LogP contribution in [0.4, 0.5) is 0 Å². The predicted molar refractivity (Wildman–Crippen MR) is 105 cm³/mol. The van der Waals surface area contributed by atoms with E-state index in [0.29, 0.717) is 30.1 Å². The summed E-state index contributed by atoms with van der Waals surface area (Å²) in [5.41, 5.74) is 3.26. The van der Waals surface area contributed by atoms with Gasteiger partial charge >= 0.3 is 0 Å². The zero-order chi connectivity index (χ0) is 18.6. The molecule has 3 aromatic rings. The van der Waals surface area contributed by atoms with Crippen LogP contribution in [-0.2, 0) is 0 Å². The Balaban J connectivity index is 1.44. The molecule has 0 spiro atoms. The van der Waals surface area contributed by atoms with Crippen molar-refractivity contribution in [3.8, 4) is 5.75 Å². The van der Waals surface area contributed by atoms with Crippen molar-refractivity contribution in [2.45, 2.75) is 19.8 Å². The first-order chi connectivity index (χ1) is 13.2. The molecule has 0 bridgehead atoms. The van der Waals surface area contributed by atoms with Crippen LogP contribution in [-0.4, -0.2) is 40.5 Å². The molecule has 0 radical (unpaired) electrons. The molecule has 0 aliphatic carbocycles. The van der Waals surface area contributed by atoms with E-state index in [9.17, 15) is 4.79 Å². The van der Waals surface area contributed by atoms with Gasteiger partial charge in [0.05, 0.1) is 17.7 Å². The van der Waals surface area contributed by atoms with Gasteiger partial charge in [0, 0.05) is 31.4 Å². The molecule has 1 aliphatic heterocycles. The Kier molecular flexibility index (Phi) is 5.01. The third-order valence-corrected chi connectivity index (χ3v) is 5.04. The van der Waals surface area contributed by atoms with Crippen molar-refractivity contribution in [2.24, 2.45) is 5.92 Å². The van der Waals surface area contributed by atoms with Gasteiger partial charge < -0.3 is 9.64 Å². The van der Waals surface area contributed by atoms with Crippen molar-refractivity contribution < 1.29 is 9.53 Å². The molecule has 0 N–H and O–H groups in total. The summed E-state index contributed by atoms with van der Waals surface area (Å²) in [5.74, 6) is 1.25. The zero-order valence-electron chi connectivity index (χ0n) is 15.5. The number of piperidine rings is 1. The number of fused-ring (bicyclic) bond motifs is 1. The van der Waals surface area contributed by atoms with Crippen LogP contribution in [0.3, 0.4) is 0 Å². The lowest BCUT2D eigenvalue weighted by atomic mass is 9.98. The molecule has 5 heteroatoms. The minimum Gasteiger partial charge on any atom is -0.493 e. The first kappa shape index (κ1) is 17.5. The molecular formula is C22H23N3O2. The van der Waals surface area contributed by atoms with Crippen LogP contribution in [0, 0.1) is 12.8 Å². The Morgan fingerprint density at radius 1 is 1.15 bits per heavy atom. The quantitative estimate of drug-likeness (QED) is 0.708. The van der Waals surface area contributed by atoms with Crippen LogP contribution in [0.5, 0.6) is 5.75 Å². The third kappa shape index (κ3) is 3.92. The number of aromatic nitrogens is 2. The molecule has 0 unspecified atom stereocenters. The lowest BCUT2D eigenvalue weighted by Gasteiger charge is -2.32. The highest BCUT2D eigenvalue weighted by Crippen LogP contribution is 2.23. The highest BCUT2D eigenvalue weighted by molar-refractivity contribution is 6.04. The number of carbonyl (C=O) groups is 1. The summed E-state index contributed by atoms with van der Waals surface area (Å²) in [6, 6.07) is 13.7. The average molecular weight is 361 g/mol. The van der Waals surface area contributed by atoms with Crippen LogP contribution in [0.15, 0.2) is 54.9 Å². The summed E-state index contributed by atoms with van der Waals surface area (Å²) in [6.45, 7) is 4.17. The summed E-state index contributed by atoms with van der Waals surface area (Å²) in [6.07, 6.45) is 5.35. The van der Waals surface area contributed by atoms with E-state index in [1.807, 2.05) is 47.4 Å². The van der Waals surface area contributed by atoms with E-state index in [1.54, 1.807) is 12.4 Å². The van der Waals surface area contributed by atoms with Crippen LogP contribution in [0.1, 0.15) is 28.8 Å². The van der Waals surface area contributed by atoms with Crippen LogP contribution >= 0.6 is 0 Å². The van der Waals surface area contributed by atoms with Gasteiger partial charge in [0.2, 0.25) is 0 Å². The van der Waals surface area contributed by atoms with E-state index in [-0.39, 0.29) is 5.91 Å². The minimum atomic E-state index is 0.0288. The second-order valence-corrected chi connectivity index (χ2v) is 7.11. The molecule has 27 heavy (non-hydrogen) atoms. The van der Waals surface area contributed by atoms with Gasteiger partial charge in [-0.05, 0) is 44.0 Å². The Bertz CT molecular complexity index is 934. The second-order valence-electron chi connectivity index (χ2n) is 7.11. The second kappa shape index (κ2) is 7.74. The maximum atomic E-state index is 13.1. The SMILES string of the molecule is Cc1ccc(OC[C@@H]2CCCN(C(=O)c3cccc4nccnc34)C2)cc1. The van der Waals surface area contributed by atoms with Crippen LogP contribution in [0.2, 0.25) is 0 Å². The summed E-state index contributed by atoms with van der Waals surface area (Å²) in [7, 11) is 0. The highest BCUT2D eigenvalue weighted by atomic mass is 16.5. The standard InChI is InChI=1S/C22H23N3O2/c1-16-7-9-18(10-8-16)27-15-17-4-3-13-25(14-17)22(26)19-5-2-6-20-21(19)24-12-11-23-20/h2,5-12,17H,3-4,13-15H2,1H3/t17-/m1/s1. The third-order valence-electron chi connectivity index (χ3n) is 5.04. The molecule has 1 atom stereocenters. The van der Waals surface area contributed by atoms with Crippen molar-refractivity contribution in [3.05, 3.63) is 66.0 Å². The largest absolute Gasteiger partial charge is 0.493 e. The number of ether oxygens (including phenoxy) is 1. The first-order valence-electron chi connectivity index (χ1n) is 9.39. The molecular weight excluding hydrogens is 338 g/mol. The lowest BCUT2D eigenvalue weighted by molar-refractivity contribution is 0.0635. The molecule has 2 heterocycles. The molecule has 1 aliphatic rings. The monoisotopic (exact) mass is 361 g/mol. The van der Waals surface area contributed by atoms with Gasteiger partial charge in [-0.3, -0.25) is 14.8 Å². The minimum absolute atomic E-state index is 0.0288. The molecule has 1 amide bonds. The number of benzene rings is 2. The van der Waals surface area contributed by atoms with E-state index in [2.05, 4.69) is 16.9 Å². The molecule has 1 saturated heterocycles. The van der Waals surface area contributed by atoms with Gasteiger partial charge in [-0.2, -0.15) is 0 Å². The van der Waals surface area contributed by atoms with Crippen molar-refractivity contribution in [2.75, 3.05) is 19.7 Å². The summed E-state index contributed by atoms with van der Waals surface area (Å²) >= 11 is 0. The first-order valence-corrected chi connectivity index (χ1v) is 9.39. The maximum Gasteiger partial charge on any atom is 0.256 e. The Labute approximate surface area is 159 Å². The van der Waals surface area contributed by atoms with Crippen molar-refractivity contribution in [1.82, 2.24) is 14.9 Å². The average Bonchev–Trinajstić information content (AvgIpc) is 2.72. The van der Waals surface area contributed by atoms with Gasteiger partial charge in [-0.1, -0.05) is 23.8 Å². The smallest absolute Gasteiger partial charge is 0.256 e. The Morgan fingerprint density at radius 2 is 1.96 bits per heavy atom. The molecule has 1 aromatic heterocycles. The van der Waals surface area contributed by atoms with E-state index in [4.69, 9.17) is 4.74 Å². The van der Waals surface area contributed by atoms with Crippen molar-refractivity contribution >= 4 is 16.9 Å². The normalized spacial score (nSPS) is 17.1. The number of rotatable bonds is 4. The number of hydrogen-bond donors (Lipinski definition) is 0. The number of hydrogen-bond acceptors (Lipinski definition) is 4. The molecule has 1 fully saturated rings. The van der Waals surface area contributed by atoms with Crippen molar-refractivity contribution in [3.63, 3.8) is 0 Å². The van der Waals surface area contributed by atoms with E-state index in [1.165, 1.54) is 5.56 Å². The topological polar surface area (TPSA) is 55.3 Å². The van der Waals surface area contributed by atoms with Crippen molar-refractivity contribution in [1.29, 1.82) is 0 Å². The number of aryl methyl sites for hydroxylation is 1. The Morgan fingerprint density at radius 3 is 2.81 bits per heavy atom. The summed E-state index contributed by atoms with van der Waals surface area (Å²) < 4.78 is 5.94. The van der Waals surface area contributed by atoms with E-state index in [0.717, 1.165) is 30.7 Å². The molecule has 4 rings (SSSR count). The van der Waals surface area contributed by atoms with Gasteiger partial charge in [0.15, 0.2) is 0 Å². The number of carbonyl (C=O) groups excluding carboxylic acids is 1. The van der Waals surface area contributed by atoms with E-state index < -0.39 is 0 Å². The fourth-order valence-corrected chi connectivity index (χ4v) is 3.57. The Hall–Kier alpha value is -2.95. The lowest BCUT2D eigenvalue weighted by Crippen LogP contribution is -2.41. The summed E-state index contributed by atoms with van der Waals surface area (Å²) in [5, 5.41) is 0. The molecule has 5 nitrogen and oxygen atoms in total. The molecule has 138 valence electrons. The highest BCUT2D eigenvalue weighted by Gasteiger charge is 2.26. The van der Waals surface area contributed by atoms with Gasteiger partial charge in [0.1, 0.15) is 11.3 Å². The molecule has 0 saturated carbocycles. The van der Waals surface area contributed by atoms with E-state index >= 15 is 0 Å². The molecule has 2 aromatic carbocycles. The number of para-hydroxylation sites is 1. The van der Waals surface area contributed by atoms with Gasteiger partial charge in [-0.15, -0.1) is 0 Å². The zero-order valence-corrected chi connectivity index (χ0v) is 15.5. The summed E-state index contributed by atoms with van der Waals surface area (Å²) in [4.78, 5) is 23.7. The van der Waals surface area contributed by atoms with Gasteiger partial charge in [-0.25, -0.2) is 0 Å². The maximum absolute atomic E-state index is 13.1. The van der Waals surface area contributed by atoms with Crippen LogP contribution in [0.25, 0.3) is 11.0 Å². The van der Waals surface area contributed by atoms with Crippen LogP contribution < -0.4 is 4.74 Å². The predicted octanol–water partition coefficient (Wildman–Crippen LogP) is 3.87. The number of nitrogens with zero attached hydrogens (tertiary/aromatic N) is 3. The van der Waals surface area contributed by atoms with Gasteiger partial charge in [0.25, 0.3) is 5.91 Å². The fraction of sp³-hybridized carbons (Fsp3) is 0.318. The fourth-order valence-electron chi connectivity index (χ4n) is 3.57. The number of amides is 1. The number of likely N-dealkylation sites (tertiary alicyclic amines) is 1.